The van der Waals surface area contributed by atoms with Crippen molar-refractivity contribution in [1.82, 2.24) is 0 Å². The summed E-state index contributed by atoms with van der Waals surface area (Å²) in [7, 11) is 0. The highest BCUT2D eigenvalue weighted by Gasteiger charge is 2.61. The molecule has 1 aromatic rings. The zero-order valence-corrected chi connectivity index (χ0v) is 27.1. The van der Waals surface area contributed by atoms with Gasteiger partial charge in [-0.15, -0.1) is 0 Å². The lowest BCUT2D eigenvalue weighted by atomic mass is 9.95. The van der Waals surface area contributed by atoms with Crippen LogP contribution in [0.25, 0.3) is 21.6 Å². The Morgan fingerprint density at radius 3 is 2.33 bits per heavy atom. The topological polar surface area (TPSA) is 141 Å². The molecule has 5 heterocycles. The molecule has 0 amide bonds. The standard InChI is InChI=1S/C35H39N3O10/c1-34(2)45-27-24(43-33-30(29(27)46-34)47-35(3,4)48-33)18-40-32-25(37-38-36)28(41-22-16-15-19-11-7-6-10-14-21(19)22)26-23(42-32)17-39-31(44-26)20-12-8-5-9-13-20/h5-16,23-33H,17-18H2,1-4H3/t23-,24-,25-,26-,27+,28-,29+,30-,31?,32-,33-/m1/s1. The summed E-state index contributed by atoms with van der Waals surface area (Å²) >= 11 is 0. The van der Waals surface area contributed by atoms with Gasteiger partial charge in [0, 0.05) is 16.0 Å². The lowest BCUT2D eigenvalue weighted by molar-refractivity contribution is -0.344. The van der Waals surface area contributed by atoms with E-state index in [9.17, 15) is 5.53 Å². The average molecular weight is 662 g/mol. The molecule has 0 saturated carbocycles. The van der Waals surface area contributed by atoms with Crippen LogP contribution >= 0.6 is 0 Å². The fraction of sp³-hybridized carbons (Fsp3) is 0.543. The van der Waals surface area contributed by atoms with Crippen molar-refractivity contribution in [3.05, 3.63) is 88.8 Å². The Morgan fingerprint density at radius 2 is 1.52 bits per heavy atom. The van der Waals surface area contributed by atoms with Crippen LogP contribution in [0.1, 0.15) is 39.5 Å². The molecule has 2 aliphatic carbocycles. The molecule has 0 spiro atoms. The molecule has 1 unspecified atom stereocenters. The predicted molar refractivity (Wildman–Crippen MR) is 168 cm³/mol. The molecule has 254 valence electrons. The van der Waals surface area contributed by atoms with Crippen LogP contribution in [-0.2, 0) is 42.6 Å². The largest absolute Gasteiger partial charge is 0.486 e. The highest BCUT2D eigenvalue weighted by molar-refractivity contribution is 5.73. The minimum atomic E-state index is -1.03. The van der Waals surface area contributed by atoms with Crippen LogP contribution in [0.3, 0.4) is 0 Å². The molecule has 5 saturated heterocycles. The van der Waals surface area contributed by atoms with E-state index in [0.717, 1.165) is 16.7 Å². The SMILES string of the molecule is CC1(C)O[C@H]2[C@@H](O1)[C@@H](CO[C@@H]1O[C@@H]3COC(c4ccccc4)O[C@H]3[C@H](Oc3ccc4cccccc3-4)[C@H]1N=[N+]=[N-])O[C@@H]1OC(C)(C)O[C@@H]12. The molecule has 0 aromatic heterocycles. The van der Waals surface area contributed by atoms with Crippen molar-refractivity contribution < 1.29 is 47.4 Å². The first-order chi connectivity index (χ1) is 23.2. The van der Waals surface area contributed by atoms with Gasteiger partial charge in [-0.3, -0.25) is 0 Å². The summed E-state index contributed by atoms with van der Waals surface area (Å²) in [5.74, 6) is -1.10. The van der Waals surface area contributed by atoms with Gasteiger partial charge in [0.05, 0.1) is 13.2 Å². The molecular formula is C35H39N3O10. The lowest BCUT2D eigenvalue weighted by Crippen LogP contribution is -2.64. The van der Waals surface area contributed by atoms with Gasteiger partial charge in [-0.1, -0.05) is 71.8 Å². The molecule has 8 rings (SSSR count). The highest BCUT2D eigenvalue weighted by atomic mass is 16.9. The Bertz CT molecular complexity index is 1620. The Morgan fingerprint density at radius 1 is 0.792 bits per heavy atom. The lowest BCUT2D eigenvalue weighted by Gasteiger charge is -2.48. The number of benzene rings is 1. The van der Waals surface area contributed by atoms with Crippen LogP contribution in [0.2, 0.25) is 0 Å². The third-order valence-corrected chi connectivity index (χ3v) is 9.25. The summed E-state index contributed by atoms with van der Waals surface area (Å²) in [6.07, 6.45) is -6.46. The highest BCUT2D eigenvalue weighted by Crippen LogP contribution is 2.45. The van der Waals surface area contributed by atoms with Crippen molar-refractivity contribution in [2.75, 3.05) is 13.2 Å². The summed E-state index contributed by atoms with van der Waals surface area (Å²) in [6, 6.07) is 22.5. The Balaban J connectivity index is 1.07. The van der Waals surface area contributed by atoms with Gasteiger partial charge in [-0.2, -0.15) is 0 Å². The molecule has 7 aliphatic rings. The second-order valence-electron chi connectivity index (χ2n) is 13.5. The molecule has 13 heteroatoms. The fourth-order valence-corrected chi connectivity index (χ4v) is 7.25. The van der Waals surface area contributed by atoms with Crippen molar-refractivity contribution in [2.45, 2.75) is 107 Å². The van der Waals surface area contributed by atoms with Gasteiger partial charge < -0.3 is 47.4 Å². The number of hydrogen-bond acceptors (Lipinski definition) is 11. The smallest absolute Gasteiger partial charge is 0.190 e. The molecule has 0 radical (unpaired) electrons. The summed E-state index contributed by atoms with van der Waals surface area (Å²) < 4.78 is 63.4. The number of azide groups is 1. The first kappa shape index (κ1) is 31.9. The van der Waals surface area contributed by atoms with Crippen LogP contribution in [0.15, 0.2) is 77.9 Å². The summed E-state index contributed by atoms with van der Waals surface area (Å²) in [4.78, 5) is 3.19. The number of nitrogens with zero attached hydrogens (tertiary/aromatic N) is 3. The molecule has 0 N–H and O–H groups in total. The van der Waals surface area contributed by atoms with E-state index in [0.29, 0.717) is 5.75 Å². The van der Waals surface area contributed by atoms with Crippen molar-refractivity contribution in [3.63, 3.8) is 0 Å². The Hall–Kier alpha value is -3.33. The maximum atomic E-state index is 9.80. The van der Waals surface area contributed by atoms with Gasteiger partial charge in [-0.05, 0) is 44.9 Å². The van der Waals surface area contributed by atoms with E-state index in [1.165, 1.54) is 0 Å². The normalized spacial score (nSPS) is 38.0. The predicted octanol–water partition coefficient (Wildman–Crippen LogP) is 5.47. The monoisotopic (exact) mass is 661 g/mol. The summed E-state index contributed by atoms with van der Waals surface area (Å²) in [6.45, 7) is 7.58. The van der Waals surface area contributed by atoms with Crippen molar-refractivity contribution in [2.24, 2.45) is 5.11 Å². The zero-order chi connectivity index (χ0) is 33.0. The summed E-state index contributed by atoms with van der Waals surface area (Å²) in [5.41, 5.74) is 12.6. The molecule has 5 aliphatic heterocycles. The van der Waals surface area contributed by atoms with Crippen LogP contribution < -0.4 is 4.74 Å². The van der Waals surface area contributed by atoms with Crippen LogP contribution in [0, 0.1) is 0 Å². The van der Waals surface area contributed by atoms with Gasteiger partial charge in [0.25, 0.3) is 0 Å². The third kappa shape index (κ3) is 6.05. The van der Waals surface area contributed by atoms with Gasteiger partial charge in [0.1, 0.15) is 54.5 Å². The van der Waals surface area contributed by atoms with E-state index in [2.05, 4.69) is 10.0 Å². The van der Waals surface area contributed by atoms with Gasteiger partial charge >= 0.3 is 0 Å². The fourth-order valence-electron chi connectivity index (χ4n) is 7.25. The number of ether oxygens (including phenoxy) is 10. The van der Waals surface area contributed by atoms with Crippen LogP contribution in [-0.4, -0.2) is 86.1 Å². The molecule has 48 heavy (non-hydrogen) atoms. The third-order valence-electron chi connectivity index (χ3n) is 9.25. The zero-order valence-electron chi connectivity index (χ0n) is 27.1. The van der Waals surface area contributed by atoms with E-state index < -0.39 is 79.2 Å². The molecule has 5 fully saturated rings. The van der Waals surface area contributed by atoms with Gasteiger partial charge in [0.15, 0.2) is 30.4 Å². The van der Waals surface area contributed by atoms with Crippen molar-refractivity contribution >= 4 is 0 Å². The van der Waals surface area contributed by atoms with Crippen molar-refractivity contribution in [1.29, 1.82) is 0 Å². The average Bonchev–Trinajstić information content (AvgIpc) is 3.64. The van der Waals surface area contributed by atoms with E-state index in [4.69, 9.17) is 47.4 Å². The first-order valence-electron chi connectivity index (χ1n) is 16.3. The molecule has 1 aromatic carbocycles. The van der Waals surface area contributed by atoms with Crippen molar-refractivity contribution in [3.8, 4) is 16.9 Å². The van der Waals surface area contributed by atoms with Gasteiger partial charge in [0.2, 0.25) is 0 Å². The second kappa shape index (κ2) is 12.5. The Labute approximate surface area is 278 Å². The number of rotatable bonds is 7. The van der Waals surface area contributed by atoms with Crippen LogP contribution in [0.5, 0.6) is 5.75 Å². The maximum absolute atomic E-state index is 9.80. The quantitative estimate of drug-likeness (QED) is 0.182. The molecular weight excluding hydrogens is 622 g/mol. The minimum absolute atomic E-state index is 0.0172. The molecule has 11 atom stereocenters. The Kier molecular flexibility index (Phi) is 8.33. The maximum Gasteiger partial charge on any atom is 0.190 e. The number of fused-ring (bicyclic) bond motifs is 5. The first-order valence-corrected chi connectivity index (χ1v) is 16.3. The van der Waals surface area contributed by atoms with E-state index >= 15 is 0 Å². The summed E-state index contributed by atoms with van der Waals surface area (Å²) in [5, 5.41) is 4.18. The van der Waals surface area contributed by atoms with Gasteiger partial charge in [-0.25, -0.2) is 0 Å². The second-order valence-corrected chi connectivity index (χ2v) is 13.5. The van der Waals surface area contributed by atoms with E-state index in [-0.39, 0.29) is 13.2 Å². The van der Waals surface area contributed by atoms with E-state index in [1.807, 2.05) is 100 Å². The van der Waals surface area contributed by atoms with Crippen LogP contribution in [0.4, 0.5) is 0 Å². The molecule has 13 nitrogen and oxygen atoms in total. The molecule has 0 bridgehead atoms. The van der Waals surface area contributed by atoms with E-state index in [1.54, 1.807) is 0 Å². The number of hydrogen-bond donors (Lipinski definition) is 0. The minimum Gasteiger partial charge on any atom is -0.486 e.